The maximum absolute atomic E-state index is 13.6. The van der Waals surface area contributed by atoms with Crippen LogP contribution in [0.5, 0.6) is 0 Å². The fourth-order valence-electron chi connectivity index (χ4n) is 2.97. The number of halogens is 4. The molecule has 0 heterocycles. The van der Waals surface area contributed by atoms with Crippen molar-refractivity contribution in [3.05, 3.63) is 35.1 Å². The normalized spacial score (nSPS) is 24.9. The lowest BCUT2D eigenvalue weighted by Crippen LogP contribution is -2.39. The van der Waals surface area contributed by atoms with Gasteiger partial charge in [-0.3, -0.25) is 0 Å². The first-order chi connectivity index (χ1) is 9.77. The van der Waals surface area contributed by atoms with Gasteiger partial charge in [0, 0.05) is 12.1 Å². The van der Waals surface area contributed by atoms with Crippen LogP contribution in [-0.4, -0.2) is 12.2 Å². The van der Waals surface area contributed by atoms with E-state index in [-0.39, 0.29) is 30.7 Å². The number of hydrogen-bond acceptors (Lipinski definition) is 1. The molecule has 2 rings (SSSR count). The molecule has 0 amide bonds. The summed E-state index contributed by atoms with van der Waals surface area (Å²) in [4.78, 5) is 0. The summed E-state index contributed by atoms with van der Waals surface area (Å²) < 4.78 is 51.9. The fourth-order valence-corrected chi connectivity index (χ4v) is 2.97. The molecule has 21 heavy (non-hydrogen) atoms. The van der Waals surface area contributed by atoms with Gasteiger partial charge in [0.15, 0.2) is 0 Å². The number of hydrogen-bond donors (Lipinski definition) is 1. The minimum absolute atomic E-state index is 0.113. The van der Waals surface area contributed by atoms with Crippen LogP contribution >= 0.6 is 0 Å². The third-order valence-electron chi connectivity index (χ3n) is 4.32. The molecule has 118 valence electrons. The van der Waals surface area contributed by atoms with Gasteiger partial charge >= 0.3 is 6.18 Å². The predicted octanol–water partition coefficient (Wildman–Crippen LogP) is 4.91. The van der Waals surface area contributed by atoms with Crippen molar-refractivity contribution >= 4 is 0 Å². The maximum atomic E-state index is 13.6. The zero-order valence-corrected chi connectivity index (χ0v) is 12.3. The lowest BCUT2D eigenvalue weighted by atomic mass is 9.84. The van der Waals surface area contributed by atoms with Crippen molar-refractivity contribution in [2.75, 3.05) is 0 Å². The zero-order chi connectivity index (χ0) is 15.6. The van der Waals surface area contributed by atoms with E-state index in [9.17, 15) is 17.6 Å². The summed E-state index contributed by atoms with van der Waals surface area (Å²) in [5, 5.41) is 3.22. The molecule has 1 aliphatic carbocycles. The van der Waals surface area contributed by atoms with E-state index in [1.165, 1.54) is 6.07 Å². The molecular formula is C16H21F4N. The first-order valence-electron chi connectivity index (χ1n) is 7.36. The van der Waals surface area contributed by atoms with Gasteiger partial charge in [-0.2, -0.15) is 13.2 Å². The van der Waals surface area contributed by atoms with Crippen molar-refractivity contribution in [1.82, 2.24) is 5.32 Å². The van der Waals surface area contributed by atoms with Crippen LogP contribution in [0, 0.1) is 18.7 Å². The molecule has 0 spiro atoms. The lowest BCUT2D eigenvalue weighted by Gasteiger charge is -2.33. The van der Waals surface area contributed by atoms with E-state index < -0.39 is 12.1 Å². The van der Waals surface area contributed by atoms with E-state index in [0.29, 0.717) is 12.0 Å². The van der Waals surface area contributed by atoms with Crippen LogP contribution < -0.4 is 5.32 Å². The minimum Gasteiger partial charge on any atom is -0.307 e. The smallest absolute Gasteiger partial charge is 0.307 e. The molecule has 3 unspecified atom stereocenters. The van der Waals surface area contributed by atoms with E-state index in [2.05, 4.69) is 5.32 Å². The zero-order valence-electron chi connectivity index (χ0n) is 12.3. The van der Waals surface area contributed by atoms with Gasteiger partial charge in [0.2, 0.25) is 0 Å². The second-order valence-electron chi connectivity index (χ2n) is 6.00. The highest BCUT2D eigenvalue weighted by Crippen LogP contribution is 2.38. The Balaban J connectivity index is 1.98. The summed E-state index contributed by atoms with van der Waals surface area (Å²) in [6.07, 6.45) is -2.46. The molecule has 1 aromatic rings. The van der Waals surface area contributed by atoms with Crippen molar-refractivity contribution in [3.63, 3.8) is 0 Å². The van der Waals surface area contributed by atoms with Crippen molar-refractivity contribution in [3.8, 4) is 0 Å². The number of rotatable bonds is 3. The van der Waals surface area contributed by atoms with Gasteiger partial charge in [-0.1, -0.05) is 18.6 Å². The Labute approximate surface area is 122 Å². The summed E-state index contributed by atoms with van der Waals surface area (Å²) in [7, 11) is 0. The van der Waals surface area contributed by atoms with Crippen LogP contribution in [0.3, 0.4) is 0 Å². The largest absolute Gasteiger partial charge is 0.391 e. The molecule has 0 aromatic heterocycles. The van der Waals surface area contributed by atoms with Gasteiger partial charge in [0.1, 0.15) is 5.82 Å². The van der Waals surface area contributed by atoms with Crippen molar-refractivity contribution in [2.24, 2.45) is 5.92 Å². The molecule has 1 N–H and O–H groups in total. The molecule has 1 nitrogen and oxygen atoms in total. The highest BCUT2D eigenvalue weighted by molar-refractivity contribution is 5.25. The summed E-state index contributed by atoms with van der Waals surface area (Å²) in [5.74, 6) is -1.50. The Bertz CT molecular complexity index is 484. The van der Waals surface area contributed by atoms with Crippen molar-refractivity contribution < 1.29 is 17.6 Å². The molecule has 0 radical (unpaired) electrons. The van der Waals surface area contributed by atoms with Crippen LogP contribution in [0.15, 0.2) is 18.2 Å². The highest BCUT2D eigenvalue weighted by atomic mass is 19.4. The quantitative estimate of drug-likeness (QED) is 0.783. The molecule has 0 saturated heterocycles. The van der Waals surface area contributed by atoms with Crippen molar-refractivity contribution in [1.29, 1.82) is 0 Å². The average molecular weight is 303 g/mol. The van der Waals surface area contributed by atoms with E-state index in [1.807, 2.05) is 13.0 Å². The number of aryl methyl sites for hydroxylation is 1. The molecule has 5 heteroatoms. The Hall–Kier alpha value is -1.10. The van der Waals surface area contributed by atoms with E-state index in [0.717, 1.165) is 12.0 Å². The maximum Gasteiger partial charge on any atom is 0.391 e. The van der Waals surface area contributed by atoms with Crippen molar-refractivity contribution in [2.45, 2.75) is 57.8 Å². The standard InChI is InChI=1S/C16H21F4N/c1-10-6-7-12(8-15(10)17)11(2)21-14-5-3-4-13(9-14)16(18,19)20/h6-8,11,13-14,21H,3-5,9H2,1-2H3. The third kappa shape index (κ3) is 4.19. The van der Waals surface area contributed by atoms with Gasteiger partial charge in [-0.25, -0.2) is 4.39 Å². The van der Waals surface area contributed by atoms with Crippen LogP contribution in [0.25, 0.3) is 0 Å². The highest BCUT2D eigenvalue weighted by Gasteiger charge is 2.42. The van der Waals surface area contributed by atoms with Crippen LogP contribution in [0.2, 0.25) is 0 Å². The Morgan fingerprint density at radius 1 is 1.24 bits per heavy atom. The number of alkyl halides is 3. The van der Waals surface area contributed by atoms with Gasteiger partial charge in [0.05, 0.1) is 5.92 Å². The van der Waals surface area contributed by atoms with Crippen LogP contribution in [-0.2, 0) is 0 Å². The minimum atomic E-state index is -4.11. The lowest BCUT2D eigenvalue weighted by molar-refractivity contribution is -0.183. The molecular weight excluding hydrogens is 282 g/mol. The number of benzene rings is 1. The summed E-state index contributed by atoms with van der Waals surface area (Å²) in [5.41, 5.74) is 1.34. The van der Waals surface area contributed by atoms with Gasteiger partial charge in [0.25, 0.3) is 0 Å². The predicted molar refractivity (Wildman–Crippen MR) is 74.5 cm³/mol. The second-order valence-corrected chi connectivity index (χ2v) is 6.00. The van der Waals surface area contributed by atoms with Crippen LogP contribution in [0.1, 0.15) is 49.8 Å². The average Bonchev–Trinajstić information content (AvgIpc) is 2.41. The molecule has 0 aliphatic heterocycles. The second kappa shape index (κ2) is 6.34. The third-order valence-corrected chi connectivity index (χ3v) is 4.32. The summed E-state index contributed by atoms with van der Waals surface area (Å²) in [6, 6.07) is 4.65. The Morgan fingerprint density at radius 2 is 1.95 bits per heavy atom. The molecule has 0 bridgehead atoms. The fraction of sp³-hybridized carbons (Fsp3) is 0.625. The van der Waals surface area contributed by atoms with E-state index in [1.54, 1.807) is 13.0 Å². The molecule has 1 aromatic carbocycles. The van der Waals surface area contributed by atoms with Gasteiger partial charge < -0.3 is 5.32 Å². The molecule has 1 fully saturated rings. The SMILES string of the molecule is Cc1ccc(C(C)NC2CCCC(C(F)(F)F)C2)cc1F. The Morgan fingerprint density at radius 3 is 2.57 bits per heavy atom. The van der Waals surface area contributed by atoms with Gasteiger partial charge in [-0.15, -0.1) is 0 Å². The number of nitrogens with one attached hydrogen (secondary N) is 1. The molecule has 3 atom stereocenters. The Kier molecular flexibility index (Phi) is 4.91. The van der Waals surface area contributed by atoms with Crippen LogP contribution in [0.4, 0.5) is 17.6 Å². The monoisotopic (exact) mass is 303 g/mol. The first-order valence-corrected chi connectivity index (χ1v) is 7.36. The molecule has 1 aliphatic rings. The van der Waals surface area contributed by atoms with E-state index in [4.69, 9.17) is 0 Å². The molecule has 1 saturated carbocycles. The topological polar surface area (TPSA) is 12.0 Å². The summed E-state index contributed by atoms with van der Waals surface area (Å²) in [6.45, 7) is 3.55. The first kappa shape index (κ1) is 16.3. The summed E-state index contributed by atoms with van der Waals surface area (Å²) >= 11 is 0. The van der Waals surface area contributed by atoms with E-state index >= 15 is 0 Å². The van der Waals surface area contributed by atoms with Gasteiger partial charge in [-0.05, 0) is 50.3 Å².